The maximum absolute atomic E-state index is 12.3. The van der Waals surface area contributed by atoms with Crippen molar-refractivity contribution in [3.05, 3.63) is 42.0 Å². The van der Waals surface area contributed by atoms with E-state index in [2.05, 4.69) is 5.32 Å². The topological polar surface area (TPSA) is 58.6 Å². The zero-order chi connectivity index (χ0) is 14.1. The van der Waals surface area contributed by atoms with Crippen LogP contribution in [0.1, 0.15) is 24.8 Å². The summed E-state index contributed by atoms with van der Waals surface area (Å²) < 4.78 is 5.76. The normalized spacial score (nSPS) is 30.9. The van der Waals surface area contributed by atoms with Crippen molar-refractivity contribution in [2.45, 2.75) is 31.4 Å². The van der Waals surface area contributed by atoms with Crippen LogP contribution in [0.15, 0.2) is 36.4 Å². The summed E-state index contributed by atoms with van der Waals surface area (Å²) in [5, 5.41) is 12.1. The molecule has 4 heteroatoms. The van der Waals surface area contributed by atoms with E-state index in [1.54, 1.807) is 0 Å². The number of hydrogen-bond acceptors (Lipinski definition) is 3. The van der Waals surface area contributed by atoms with Crippen molar-refractivity contribution in [1.82, 2.24) is 5.32 Å². The predicted molar refractivity (Wildman–Crippen MR) is 75.5 cm³/mol. The van der Waals surface area contributed by atoms with Gasteiger partial charge in [-0.15, -0.1) is 0 Å². The molecule has 2 N–H and O–H groups in total. The molecule has 1 amide bonds. The number of nitrogens with one attached hydrogen (secondary N) is 1. The monoisotopic (exact) mass is 273 g/mol. The molecule has 1 aliphatic carbocycles. The third-order valence-electron chi connectivity index (χ3n) is 4.11. The molecular formula is C16H19NO3. The standard InChI is InChI=1S/C16H19NO3/c1-10-13-4-2-3-5-14(13)20-15(10)16(19)17-12-7-6-11(8-12)9-18/h2-7,10-12,15,18H,8-9H2,1H3,(H,17,19)/t10?,11-,12+,15?/m0/s1. The van der Waals surface area contributed by atoms with Crippen molar-refractivity contribution in [2.24, 2.45) is 5.92 Å². The Morgan fingerprint density at radius 3 is 2.90 bits per heavy atom. The Balaban J connectivity index is 1.64. The van der Waals surface area contributed by atoms with Crippen LogP contribution in [-0.4, -0.2) is 29.8 Å². The highest BCUT2D eigenvalue weighted by Gasteiger charge is 2.37. The van der Waals surface area contributed by atoms with Crippen molar-refractivity contribution < 1.29 is 14.6 Å². The number of fused-ring (bicyclic) bond motifs is 1. The minimum absolute atomic E-state index is 0.000776. The van der Waals surface area contributed by atoms with Gasteiger partial charge in [0.1, 0.15) is 5.75 Å². The van der Waals surface area contributed by atoms with E-state index in [9.17, 15) is 4.79 Å². The first-order valence-electron chi connectivity index (χ1n) is 7.04. The number of rotatable bonds is 3. The maximum Gasteiger partial charge on any atom is 0.262 e. The third-order valence-corrected chi connectivity index (χ3v) is 4.11. The molecular weight excluding hydrogens is 254 g/mol. The van der Waals surface area contributed by atoms with E-state index in [0.717, 1.165) is 17.7 Å². The molecule has 2 unspecified atom stereocenters. The van der Waals surface area contributed by atoms with Crippen LogP contribution in [0.3, 0.4) is 0 Å². The SMILES string of the molecule is CC1c2ccccc2OC1C(=O)N[C@@H]1C=C[C@H](CO)C1. The van der Waals surface area contributed by atoms with Crippen LogP contribution in [0.25, 0.3) is 0 Å². The molecule has 0 saturated heterocycles. The van der Waals surface area contributed by atoms with Crippen LogP contribution in [0, 0.1) is 5.92 Å². The molecule has 4 nitrogen and oxygen atoms in total. The van der Waals surface area contributed by atoms with Crippen molar-refractivity contribution >= 4 is 5.91 Å². The summed E-state index contributed by atoms with van der Waals surface area (Å²) in [7, 11) is 0. The smallest absolute Gasteiger partial charge is 0.262 e. The lowest BCUT2D eigenvalue weighted by Gasteiger charge is -2.18. The van der Waals surface area contributed by atoms with E-state index in [1.165, 1.54) is 0 Å². The quantitative estimate of drug-likeness (QED) is 0.823. The molecule has 0 radical (unpaired) electrons. The van der Waals surface area contributed by atoms with E-state index in [4.69, 9.17) is 9.84 Å². The maximum atomic E-state index is 12.3. The van der Waals surface area contributed by atoms with Gasteiger partial charge in [0.15, 0.2) is 6.10 Å². The van der Waals surface area contributed by atoms with E-state index >= 15 is 0 Å². The van der Waals surface area contributed by atoms with Gasteiger partial charge in [0, 0.05) is 30.0 Å². The summed E-state index contributed by atoms with van der Waals surface area (Å²) >= 11 is 0. The fraction of sp³-hybridized carbons (Fsp3) is 0.438. The minimum atomic E-state index is -0.464. The second-order valence-corrected chi connectivity index (χ2v) is 5.54. The molecule has 3 rings (SSSR count). The van der Waals surface area contributed by atoms with Gasteiger partial charge in [-0.2, -0.15) is 0 Å². The Morgan fingerprint density at radius 1 is 1.40 bits per heavy atom. The van der Waals surface area contributed by atoms with Crippen LogP contribution >= 0.6 is 0 Å². The fourth-order valence-electron chi connectivity index (χ4n) is 2.93. The van der Waals surface area contributed by atoms with Gasteiger partial charge >= 0.3 is 0 Å². The van der Waals surface area contributed by atoms with Gasteiger partial charge in [-0.25, -0.2) is 0 Å². The summed E-state index contributed by atoms with van der Waals surface area (Å²) in [5.74, 6) is 0.932. The average Bonchev–Trinajstić information content (AvgIpc) is 3.04. The lowest BCUT2D eigenvalue weighted by Crippen LogP contribution is -2.43. The van der Waals surface area contributed by atoms with Gasteiger partial charge in [-0.05, 0) is 12.5 Å². The van der Waals surface area contributed by atoms with Crippen LogP contribution in [0.2, 0.25) is 0 Å². The molecule has 106 valence electrons. The molecule has 1 aromatic rings. The zero-order valence-electron chi connectivity index (χ0n) is 11.5. The molecule has 0 spiro atoms. The zero-order valence-corrected chi connectivity index (χ0v) is 11.5. The predicted octanol–water partition coefficient (Wildman–Crippen LogP) is 1.60. The van der Waals surface area contributed by atoms with Gasteiger partial charge in [0.25, 0.3) is 5.91 Å². The van der Waals surface area contributed by atoms with E-state index < -0.39 is 6.10 Å². The highest BCUT2D eigenvalue weighted by atomic mass is 16.5. The molecule has 0 fully saturated rings. The number of para-hydroxylation sites is 1. The number of hydrogen-bond donors (Lipinski definition) is 2. The van der Waals surface area contributed by atoms with Gasteiger partial charge in [0.05, 0.1) is 0 Å². The Bertz CT molecular complexity index is 540. The number of carbonyl (C=O) groups is 1. The molecule has 20 heavy (non-hydrogen) atoms. The van der Waals surface area contributed by atoms with Gasteiger partial charge in [-0.1, -0.05) is 37.3 Å². The van der Waals surface area contributed by atoms with Crippen LogP contribution in [0.5, 0.6) is 5.75 Å². The first-order chi connectivity index (χ1) is 9.69. The molecule has 1 aliphatic heterocycles. The number of benzene rings is 1. The van der Waals surface area contributed by atoms with Crippen molar-refractivity contribution in [2.75, 3.05) is 6.61 Å². The van der Waals surface area contributed by atoms with Crippen LogP contribution in [0.4, 0.5) is 0 Å². The summed E-state index contributed by atoms with van der Waals surface area (Å²) in [6.07, 6.45) is 4.20. The van der Waals surface area contributed by atoms with Crippen LogP contribution in [-0.2, 0) is 4.79 Å². The Hall–Kier alpha value is -1.81. The van der Waals surface area contributed by atoms with Crippen LogP contribution < -0.4 is 10.1 Å². The lowest BCUT2D eigenvalue weighted by molar-refractivity contribution is -0.128. The van der Waals surface area contributed by atoms with E-state index in [1.807, 2.05) is 43.3 Å². The lowest BCUT2D eigenvalue weighted by atomic mass is 9.97. The van der Waals surface area contributed by atoms with Crippen molar-refractivity contribution in [1.29, 1.82) is 0 Å². The van der Waals surface area contributed by atoms with E-state index in [0.29, 0.717) is 0 Å². The average molecular weight is 273 g/mol. The molecule has 0 bridgehead atoms. The first-order valence-corrected chi connectivity index (χ1v) is 7.04. The molecule has 0 aromatic heterocycles. The number of amides is 1. The number of carbonyl (C=O) groups excluding carboxylic acids is 1. The number of ether oxygens (including phenoxy) is 1. The summed E-state index contributed by atoms with van der Waals surface area (Å²) in [6, 6.07) is 7.78. The third kappa shape index (κ3) is 2.31. The highest BCUT2D eigenvalue weighted by molar-refractivity contribution is 5.84. The fourth-order valence-corrected chi connectivity index (χ4v) is 2.93. The molecule has 1 heterocycles. The number of aliphatic hydroxyl groups excluding tert-OH is 1. The van der Waals surface area contributed by atoms with Crippen molar-refractivity contribution in [3.8, 4) is 5.75 Å². The molecule has 1 aromatic carbocycles. The second-order valence-electron chi connectivity index (χ2n) is 5.54. The molecule has 2 aliphatic rings. The Labute approximate surface area is 118 Å². The Morgan fingerprint density at radius 2 is 2.20 bits per heavy atom. The highest BCUT2D eigenvalue weighted by Crippen LogP contribution is 2.37. The summed E-state index contributed by atoms with van der Waals surface area (Å²) in [4.78, 5) is 12.3. The van der Waals surface area contributed by atoms with Gasteiger partial charge < -0.3 is 15.2 Å². The largest absolute Gasteiger partial charge is 0.480 e. The molecule has 4 atom stereocenters. The van der Waals surface area contributed by atoms with Crippen molar-refractivity contribution in [3.63, 3.8) is 0 Å². The van der Waals surface area contributed by atoms with E-state index in [-0.39, 0.29) is 30.4 Å². The summed E-state index contributed by atoms with van der Waals surface area (Å²) in [5.41, 5.74) is 1.09. The second kappa shape index (κ2) is 5.29. The Kier molecular flexibility index (Phi) is 3.49. The first kappa shape index (κ1) is 13.2. The minimum Gasteiger partial charge on any atom is -0.480 e. The molecule has 0 saturated carbocycles. The number of aliphatic hydroxyl groups is 1. The summed E-state index contributed by atoms with van der Waals surface area (Å²) in [6.45, 7) is 2.14. The van der Waals surface area contributed by atoms with Gasteiger partial charge in [0.2, 0.25) is 0 Å². The van der Waals surface area contributed by atoms with Gasteiger partial charge in [-0.3, -0.25) is 4.79 Å².